The zero-order valence-corrected chi connectivity index (χ0v) is 15.3. The summed E-state index contributed by atoms with van der Waals surface area (Å²) < 4.78 is 5.32. The highest BCUT2D eigenvalue weighted by Crippen LogP contribution is 2.29. The molecular weight excluding hydrogens is 326 g/mol. The largest absolute Gasteiger partial charge is 0.452 e. The summed E-state index contributed by atoms with van der Waals surface area (Å²) in [6, 6.07) is 15.9. The lowest BCUT2D eigenvalue weighted by Crippen LogP contribution is -2.39. The molecule has 4 nitrogen and oxygen atoms in total. The summed E-state index contributed by atoms with van der Waals surface area (Å²) in [6.07, 6.45) is 2.37. The van der Waals surface area contributed by atoms with E-state index in [1.54, 1.807) is 6.92 Å². The minimum atomic E-state index is -0.804. The van der Waals surface area contributed by atoms with Gasteiger partial charge in [0.15, 0.2) is 6.10 Å². The van der Waals surface area contributed by atoms with Crippen LogP contribution in [0.5, 0.6) is 0 Å². The molecule has 0 saturated heterocycles. The summed E-state index contributed by atoms with van der Waals surface area (Å²) in [5, 5.41) is 3.04. The van der Waals surface area contributed by atoms with Crippen LogP contribution >= 0.6 is 0 Å². The van der Waals surface area contributed by atoms with E-state index in [4.69, 9.17) is 4.74 Å². The van der Waals surface area contributed by atoms with Crippen LogP contribution in [0.3, 0.4) is 0 Å². The lowest BCUT2D eigenvalue weighted by molar-refractivity contribution is -0.154. The van der Waals surface area contributed by atoms with Gasteiger partial charge in [-0.1, -0.05) is 54.1 Å². The number of nitrogens with one attached hydrogen (secondary N) is 1. The number of rotatable bonds is 5. The standard InChI is InChI=1S/C22H25NO3/c1-15-10-12-17(13-11-15)14-21(24)26-16(2)22(25)23-20-9-5-7-18-6-3-4-8-19(18)20/h3-4,6,8,10-13,16,20H,5,7,9,14H2,1-2H3,(H,23,25)/t16-,20+/m0/s1. The lowest BCUT2D eigenvalue weighted by Gasteiger charge is -2.27. The topological polar surface area (TPSA) is 55.4 Å². The van der Waals surface area contributed by atoms with E-state index in [0.29, 0.717) is 0 Å². The Labute approximate surface area is 154 Å². The van der Waals surface area contributed by atoms with Crippen LogP contribution in [-0.4, -0.2) is 18.0 Å². The Morgan fingerprint density at radius 2 is 1.88 bits per heavy atom. The molecule has 2 aromatic rings. The monoisotopic (exact) mass is 351 g/mol. The molecule has 1 aliphatic rings. The molecule has 0 aromatic heterocycles. The van der Waals surface area contributed by atoms with Crippen LogP contribution in [0.2, 0.25) is 0 Å². The second kappa shape index (κ2) is 8.17. The Bertz CT molecular complexity index is 782. The van der Waals surface area contributed by atoms with E-state index in [1.807, 2.05) is 43.3 Å². The molecule has 0 radical (unpaired) electrons. The van der Waals surface area contributed by atoms with Crippen molar-refractivity contribution in [3.05, 3.63) is 70.8 Å². The molecule has 0 unspecified atom stereocenters. The molecule has 2 aromatic carbocycles. The van der Waals surface area contributed by atoms with E-state index >= 15 is 0 Å². The molecule has 0 saturated carbocycles. The van der Waals surface area contributed by atoms with E-state index in [-0.39, 0.29) is 24.3 Å². The number of ether oxygens (including phenoxy) is 1. The van der Waals surface area contributed by atoms with Crippen LogP contribution in [-0.2, 0) is 27.2 Å². The number of benzene rings is 2. The highest BCUT2D eigenvalue weighted by Gasteiger charge is 2.25. The maximum absolute atomic E-state index is 12.5. The molecule has 0 aliphatic heterocycles. The van der Waals surface area contributed by atoms with Crippen molar-refractivity contribution in [2.24, 2.45) is 0 Å². The summed E-state index contributed by atoms with van der Waals surface area (Å²) in [7, 11) is 0. The number of carbonyl (C=O) groups excluding carboxylic acids is 2. The predicted molar refractivity (Wildman–Crippen MR) is 101 cm³/mol. The molecule has 0 fully saturated rings. The number of fused-ring (bicyclic) bond motifs is 1. The highest BCUT2D eigenvalue weighted by molar-refractivity contribution is 5.84. The van der Waals surface area contributed by atoms with Gasteiger partial charge >= 0.3 is 5.97 Å². The molecule has 0 bridgehead atoms. The van der Waals surface area contributed by atoms with Crippen molar-refractivity contribution < 1.29 is 14.3 Å². The van der Waals surface area contributed by atoms with Crippen molar-refractivity contribution >= 4 is 11.9 Å². The van der Waals surface area contributed by atoms with Gasteiger partial charge in [0.25, 0.3) is 5.91 Å². The summed E-state index contributed by atoms with van der Waals surface area (Å²) in [5.74, 6) is -0.635. The fourth-order valence-electron chi connectivity index (χ4n) is 3.36. The van der Waals surface area contributed by atoms with Gasteiger partial charge in [0, 0.05) is 0 Å². The molecule has 26 heavy (non-hydrogen) atoms. The van der Waals surface area contributed by atoms with E-state index < -0.39 is 6.10 Å². The number of hydrogen-bond acceptors (Lipinski definition) is 3. The third-order valence-electron chi connectivity index (χ3n) is 4.83. The minimum absolute atomic E-state index is 0.00861. The Morgan fingerprint density at radius 1 is 1.15 bits per heavy atom. The molecule has 136 valence electrons. The zero-order chi connectivity index (χ0) is 18.5. The first-order chi connectivity index (χ1) is 12.5. The average molecular weight is 351 g/mol. The number of esters is 1. The van der Waals surface area contributed by atoms with Gasteiger partial charge in [0.05, 0.1) is 12.5 Å². The Hall–Kier alpha value is -2.62. The van der Waals surface area contributed by atoms with Crippen molar-refractivity contribution in [2.75, 3.05) is 0 Å². The fraction of sp³-hybridized carbons (Fsp3) is 0.364. The van der Waals surface area contributed by atoms with Crippen molar-refractivity contribution in [3.8, 4) is 0 Å². The molecule has 1 aliphatic carbocycles. The third-order valence-corrected chi connectivity index (χ3v) is 4.83. The second-order valence-corrected chi connectivity index (χ2v) is 6.95. The fourth-order valence-corrected chi connectivity index (χ4v) is 3.36. The average Bonchev–Trinajstić information content (AvgIpc) is 2.64. The van der Waals surface area contributed by atoms with Crippen LogP contribution in [0.15, 0.2) is 48.5 Å². The maximum Gasteiger partial charge on any atom is 0.311 e. The van der Waals surface area contributed by atoms with Crippen molar-refractivity contribution in [3.63, 3.8) is 0 Å². The van der Waals surface area contributed by atoms with Crippen LogP contribution in [0, 0.1) is 6.92 Å². The molecule has 3 rings (SSSR count). The van der Waals surface area contributed by atoms with Crippen LogP contribution in [0.1, 0.15) is 48.1 Å². The minimum Gasteiger partial charge on any atom is -0.452 e. The molecule has 0 spiro atoms. The normalized spacial score (nSPS) is 17.1. The van der Waals surface area contributed by atoms with Crippen LogP contribution < -0.4 is 5.32 Å². The maximum atomic E-state index is 12.5. The Morgan fingerprint density at radius 3 is 2.65 bits per heavy atom. The smallest absolute Gasteiger partial charge is 0.311 e. The van der Waals surface area contributed by atoms with E-state index in [0.717, 1.165) is 30.4 Å². The van der Waals surface area contributed by atoms with Gasteiger partial charge in [-0.3, -0.25) is 9.59 Å². The van der Waals surface area contributed by atoms with E-state index in [2.05, 4.69) is 17.4 Å². The molecule has 4 heteroatoms. The second-order valence-electron chi connectivity index (χ2n) is 6.95. The SMILES string of the molecule is Cc1ccc(CC(=O)O[C@@H](C)C(=O)N[C@@H]2CCCc3ccccc32)cc1. The first kappa shape index (κ1) is 18.2. The third kappa shape index (κ3) is 4.51. The van der Waals surface area contributed by atoms with Crippen molar-refractivity contribution in [1.29, 1.82) is 0 Å². The molecular formula is C22H25NO3. The van der Waals surface area contributed by atoms with E-state index in [1.165, 1.54) is 11.1 Å². The predicted octanol–water partition coefficient (Wildman–Crippen LogP) is 3.66. The van der Waals surface area contributed by atoms with E-state index in [9.17, 15) is 9.59 Å². The van der Waals surface area contributed by atoms with Gasteiger partial charge in [0.2, 0.25) is 0 Å². The molecule has 0 heterocycles. The molecule has 1 amide bonds. The van der Waals surface area contributed by atoms with Crippen molar-refractivity contribution in [2.45, 2.75) is 51.7 Å². The first-order valence-corrected chi connectivity index (χ1v) is 9.16. The van der Waals surface area contributed by atoms with Gasteiger partial charge in [-0.15, -0.1) is 0 Å². The Balaban J connectivity index is 1.55. The zero-order valence-electron chi connectivity index (χ0n) is 15.3. The number of aryl methyl sites for hydroxylation is 2. The van der Waals surface area contributed by atoms with Gasteiger partial charge in [-0.2, -0.15) is 0 Å². The van der Waals surface area contributed by atoms with Gasteiger partial charge in [0.1, 0.15) is 0 Å². The van der Waals surface area contributed by atoms with Crippen LogP contribution in [0.4, 0.5) is 0 Å². The van der Waals surface area contributed by atoms with Gasteiger partial charge < -0.3 is 10.1 Å². The van der Waals surface area contributed by atoms with Gasteiger partial charge in [-0.25, -0.2) is 0 Å². The molecule has 1 N–H and O–H groups in total. The quantitative estimate of drug-likeness (QED) is 0.837. The first-order valence-electron chi connectivity index (χ1n) is 9.16. The Kier molecular flexibility index (Phi) is 5.71. The molecule has 2 atom stereocenters. The number of hydrogen-bond donors (Lipinski definition) is 1. The summed E-state index contributed by atoms with van der Waals surface area (Å²) in [4.78, 5) is 24.6. The highest BCUT2D eigenvalue weighted by atomic mass is 16.5. The van der Waals surface area contributed by atoms with Gasteiger partial charge in [-0.05, 0) is 49.8 Å². The summed E-state index contributed by atoms with van der Waals surface area (Å²) in [6.45, 7) is 3.62. The van der Waals surface area contributed by atoms with Crippen LogP contribution in [0.25, 0.3) is 0 Å². The van der Waals surface area contributed by atoms with Crippen molar-refractivity contribution in [1.82, 2.24) is 5.32 Å². The summed E-state index contributed by atoms with van der Waals surface area (Å²) >= 11 is 0. The lowest BCUT2D eigenvalue weighted by atomic mass is 9.87. The number of carbonyl (C=O) groups is 2. The number of amides is 1. The summed E-state index contributed by atoms with van der Waals surface area (Å²) in [5.41, 5.74) is 4.48.